The van der Waals surface area contributed by atoms with Gasteiger partial charge in [-0.15, -0.1) is 0 Å². The van der Waals surface area contributed by atoms with Crippen molar-refractivity contribution in [2.75, 3.05) is 43.7 Å². The van der Waals surface area contributed by atoms with Crippen LogP contribution in [0.25, 0.3) is 0 Å². The Morgan fingerprint density at radius 2 is 1.92 bits per heavy atom. The quantitative estimate of drug-likeness (QED) is 0.665. The van der Waals surface area contributed by atoms with E-state index in [1.807, 2.05) is 44.2 Å². The van der Waals surface area contributed by atoms with Gasteiger partial charge in [0, 0.05) is 19.2 Å². The number of ether oxygens (including phenoxy) is 2. The molecule has 0 radical (unpaired) electrons. The third kappa shape index (κ3) is 4.45. The second-order valence-electron chi connectivity index (χ2n) is 5.80. The van der Waals surface area contributed by atoms with Gasteiger partial charge in [0.05, 0.1) is 26.0 Å². The fraction of sp³-hybridized carbons (Fsp3) is 0.389. The molecule has 0 atom stereocenters. The summed E-state index contributed by atoms with van der Waals surface area (Å²) in [5.74, 6) is 3.12. The molecular weight excluding hydrogens is 318 g/mol. The average molecular weight is 341 g/mol. The molecule has 7 nitrogen and oxygen atoms in total. The van der Waals surface area contributed by atoms with Gasteiger partial charge < -0.3 is 14.4 Å². The molecule has 2 aromatic rings. The van der Waals surface area contributed by atoms with E-state index in [0.717, 1.165) is 49.1 Å². The monoisotopic (exact) mass is 341 g/mol. The van der Waals surface area contributed by atoms with Crippen LogP contribution in [0.3, 0.4) is 0 Å². The highest BCUT2D eigenvalue weighted by Crippen LogP contribution is 2.17. The van der Waals surface area contributed by atoms with E-state index in [1.165, 1.54) is 0 Å². The Labute approximate surface area is 147 Å². The zero-order valence-electron chi connectivity index (χ0n) is 14.8. The minimum atomic E-state index is 0.682. The van der Waals surface area contributed by atoms with Crippen LogP contribution in [0.2, 0.25) is 0 Å². The lowest BCUT2D eigenvalue weighted by molar-refractivity contribution is 0.122. The maximum Gasteiger partial charge on any atom is 0.152 e. The zero-order valence-corrected chi connectivity index (χ0v) is 14.8. The standard InChI is InChI=1S/C18H23N5O2/c1-13(15-4-6-16(24-3)7-5-15)21-22-17-12-18(20-14(2)19-17)23-8-10-25-11-9-23/h4-7,12H,8-11H2,1-3H3,(H,19,20,22)/b21-13+. The van der Waals surface area contributed by atoms with Crippen molar-refractivity contribution in [2.45, 2.75) is 13.8 Å². The van der Waals surface area contributed by atoms with Gasteiger partial charge in [-0.1, -0.05) is 0 Å². The maximum atomic E-state index is 5.39. The Morgan fingerprint density at radius 3 is 2.60 bits per heavy atom. The van der Waals surface area contributed by atoms with Gasteiger partial charge in [-0.25, -0.2) is 9.97 Å². The molecule has 1 N–H and O–H groups in total. The van der Waals surface area contributed by atoms with Crippen LogP contribution in [0.4, 0.5) is 11.6 Å². The fourth-order valence-corrected chi connectivity index (χ4v) is 2.60. The summed E-state index contributed by atoms with van der Waals surface area (Å²) in [6, 6.07) is 9.70. The molecule has 0 bridgehead atoms. The van der Waals surface area contributed by atoms with Gasteiger partial charge in [0.25, 0.3) is 0 Å². The molecule has 0 amide bonds. The van der Waals surface area contributed by atoms with Crippen LogP contribution in [0.5, 0.6) is 5.75 Å². The molecule has 0 aliphatic carbocycles. The lowest BCUT2D eigenvalue weighted by Gasteiger charge is -2.28. The molecule has 25 heavy (non-hydrogen) atoms. The molecule has 0 unspecified atom stereocenters. The predicted octanol–water partition coefficient (Wildman–Crippen LogP) is 2.47. The number of nitrogens with zero attached hydrogens (tertiary/aromatic N) is 4. The van der Waals surface area contributed by atoms with Gasteiger partial charge in [-0.3, -0.25) is 5.43 Å². The van der Waals surface area contributed by atoms with Crippen LogP contribution < -0.4 is 15.1 Å². The molecular formula is C18H23N5O2. The Balaban J connectivity index is 1.73. The number of hydrogen-bond donors (Lipinski definition) is 1. The second-order valence-corrected chi connectivity index (χ2v) is 5.80. The first-order valence-corrected chi connectivity index (χ1v) is 8.29. The van der Waals surface area contributed by atoms with E-state index >= 15 is 0 Å². The van der Waals surface area contributed by atoms with Crippen molar-refractivity contribution in [1.82, 2.24) is 9.97 Å². The van der Waals surface area contributed by atoms with Crippen molar-refractivity contribution in [1.29, 1.82) is 0 Å². The third-order valence-corrected chi connectivity index (χ3v) is 4.01. The first-order valence-electron chi connectivity index (χ1n) is 8.29. The minimum absolute atomic E-state index is 0.682. The van der Waals surface area contributed by atoms with E-state index in [9.17, 15) is 0 Å². The largest absolute Gasteiger partial charge is 0.497 e. The SMILES string of the molecule is COc1ccc(/C(C)=N/Nc2cc(N3CCOCC3)nc(C)n2)cc1. The summed E-state index contributed by atoms with van der Waals surface area (Å²) in [6.45, 7) is 6.95. The summed E-state index contributed by atoms with van der Waals surface area (Å²) in [7, 11) is 1.65. The van der Waals surface area contributed by atoms with Gasteiger partial charge in [0.15, 0.2) is 5.82 Å². The van der Waals surface area contributed by atoms with Crippen molar-refractivity contribution >= 4 is 17.3 Å². The smallest absolute Gasteiger partial charge is 0.152 e. The van der Waals surface area contributed by atoms with Crippen molar-refractivity contribution in [3.05, 3.63) is 41.7 Å². The number of hydrogen-bond acceptors (Lipinski definition) is 7. The Morgan fingerprint density at radius 1 is 1.20 bits per heavy atom. The Hall–Kier alpha value is -2.67. The summed E-state index contributed by atoms with van der Waals surface area (Å²) in [6.07, 6.45) is 0. The molecule has 2 heterocycles. The number of anilines is 2. The summed E-state index contributed by atoms with van der Waals surface area (Å²) < 4.78 is 10.6. The lowest BCUT2D eigenvalue weighted by Crippen LogP contribution is -2.36. The fourth-order valence-electron chi connectivity index (χ4n) is 2.60. The van der Waals surface area contributed by atoms with Gasteiger partial charge in [-0.2, -0.15) is 5.10 Å². The van der Waals surface area contributed by atoms with E-state index in [0.29, 0.717) is 11.6 Å². The predicted molar refractivity (Wildman–Crippen MR) is 98.6 cm³/mol. The molecule has 132 valence electrons. The third-order valence-electron chi connectivity index (χ3n) is 4.01. The Bertz CT molecular complexity index is 740. The highest BCUT2D eigenvalue weighted by molar-refractivity contribution is 5.99. The van der Waals surface area contributed by atoms with Crippen molar-refractivity contribution in [2.24, 2.45) is 5.10 Å². The van der Waals surface area contributed by atoms with Crippen LogP contribution in [-0.2, 0) is 4.74 Å². The van der Waals surface area contributed by atoms with Gasteiger partial charge >= 0.3 is 0 Å². The minimum Gasteiger partial charge on any atom is -0.497 e. The summed E-state index contributed by atoms with van der Waals surface area (Å²) >= 11 is 0. The summed E-state index contributed by atoms with van der Waals surface area (Å²) in [4.78, 5) is 11.1. The van der Waals surface area contributed by atoms with E-state index in [-0.39, 0.29) is 0 Å². The topological polar surface area (TPSA) is 71.9 Å². The molecule has 0 saturated carbocycles. The summed E-state index contributed by atoms with van der Waals surface area (Å²) in [5.41, 5.74) is 4.93. The molecule has 1 aromatic carbocycles. The Kier molecular flexibility index (Phi) is 5.45. The van der Waals surface area contributed by atoms with Gasteiger partial charge in [-0.05, 0) is 43.7 Å². The number of rotatable bonds is 5. The van der Waals surface area contributed by atoms with E-state index in [2.05, 4.69) is 25.4 Å². The number of methoxy groups -OCH3 is 1. The first kappa shape index (κ1) is 17.2. The number of morpholine rings is 1. The first-order chi connectivity index (χ1) is 12.2. The van der Waals surface area contributed by atoms with Crippen molar-refractivity contribution in [3.63, 3.8) is 0 Å². The van der Waals surface area contributed by atoms with E-state index in [4.69, 9.17) is 9.47 Å². The van der Waals surface area contributed by atoms with Gasteiger partial charge in [0.2, 0.25) is 0 Å². The normalized spacial score (nSPS) is 15.2. The molecule has 1 fully saturated rings. The number of benzene rings is 1. The van der Waals surface area contributed by atoms with Crippen LogP contribution in [0, 0.1) is 6.92 Å². The maximum absolute atomic E-state index is 5.39. The zero-order chi connectivity index (χ0) is 17.6. The van der Waals surface area contributed by atoms with Crippen LogP contribution in [-0.4, -0.2) is 49.1 Å². The molecule has 0 spiro atoms. The molecule has 1 aliphatic heterocycles. The lowest BCUT2D eigenvalue weighted by atomic mass is 10.1. The summed E-state index contributed by atoms with van der Waals surface area (Å²) in [5, 5.41) is 4.44. The van der Waals surface area contributed by atoms with Gasteiger partial charge in [0.1, 0.15) is 17.4 Å². The number of aryl methyl sites for hydroxylation is 1. The van der Waals surface area contributed by atoms with Crippen molar-refractivity contribution < 1.29 is 9.47 Å². The van der Waals surface area contributed by atoms with E-state index < -0.39 is 0 Å². The average Bonchev–Trinajstić information content (AvgIpc) is 2.66. The second kappa shape index (κ2) is 7.94. The molecule has 3 rings (SSSR count). The number of aromatic nitrogens is 2. The molecule has 1 saturated heterocycles. The number of nitrogens with one attached hydrogen (secondary N) is 1. The molecule has 1 aromatic heterocycles. The molecule has 7 heteroatoms. The van der Waals surface area contributed by atoms with Crippen molar-refractivity contribution in [3.8, 4) is 5.75 Å². The van der Waals surface area contributed by atoms with Crippen LogP contribution >= 0.6 is 0 Å². The van der Waals surface area contributed by atoms with Crippen LogP contribution in [0.15, 0.2) is 35.4 Å². The van der Waals surface area contributed by atoms with Crippen LogP contribution in [0.1, 0.15) is 18.3 Å². The highest BCUT2D eigenvalue weighted by Gasteiger charge is 2.14. The highest BCUT2D eigenvalue weighted by atomic mass is 16.5. The van der Waals surface area contributed by atoms with E-state index in [1.54, 1.807) is 7.11 Å². The number of hydrazone groups is 1. The molecule has 1 aliphatic rings.